The van der Waals surface area contributed by atoms with Crippen molar-refractivity contribution in [2.45, 2.75) is 45.3 Å². The number of hydrogen-bond donors (Lipinski definition) is 0. The Morgan fingerprint density at radius 2 is 1.56 bits per heavy atom. The highest BCUT2D eigenvalue weighted by molar-refractivity contribution is 5.76. The van der Waals surface area contributed by atoms with Gasteiger partial charge in [-0.2, -0.15) is 0 Å². The minimum absolute atomic E-state index is 0.0747. The summed E-state index contributed by atoms with van der Waals surface area (Å²) in [6, 6.07) is 21.5. The third-order valence-corrected chi connectivity index (χ3v) is 5.37. The van der Waals surface area contributed by atoms with Gasteiger partial charge < -0.3 is 4.74 Å². The zero-order valence-electron chi connectivity index (χ0n) is 15.2. The SMILES string of the molecule is COC(=O)C1(C)CC[C@H](N(Cc2ccccc2)Cc2ccccc2)C1. The number of methoxy groups -OCH3 is 1. The van der Waals surface area contributed by atoms with Gasteiger partial charge in [-0.05, 0) is 37.3 Å². The van der Waals surface area contributed by atoms with Gasteiger partial charge in [-0.25, -0.2) is 0 Å². The molecule has 0 spiro atoms. The van der Waals surface area contributed by atoms with E-state index in [2.05, 4.69) is 65.6 Å². The molecule has 0 saturated heterocycles. The van der Waals surface area contributed by atoms with E-state index >= 15 is 0 Å². The minimum atomic E-state index is -0.356. The lowest BCUT2D eigenvalue weighted by Gasteiger charge is -2.30. The van der Waals surface area contributed by atoms with Crippen LogP contribution in [0.2, 0.25) is 0 Å². The smallest absolute Gasteiger partial charge is 0.311 e. The molecule has 0 heterocycles. The fourth-order valence-electron chi connectivity index (χ4n) is 3.90. The predicted molar refractivity (Wildman–Crippen MR) is 99.9 cm³/mol. The molecule has 1 fully saturated rings. The fourth-order valence-corrected chi connectivity index (χ4v) is 3.90. The molecule has 0 aromatic heterocycles. The molecule has 0 aliphatic heterocycles. The number of rotatable bonds is 6. The average molecular weight is 337 g/mol. The monoisotopic (exact) mass is 337 g/mol. The standard InChI is InChI=1S/C22H27NO2/c1-22(21(24)25-2)14-13-20(15-22)23(16-18-9-5-3-6-10-18)17-19-11-7-4-8-12-19/h3-12,20H,13-17H2,1-2H3/t20-,22?/m0/s1. The molecule has 2 aromatic carbocycles. The molecule has 1 saturated carbocycles. The molecular weight excluding hydrogens is 310 g/mol. The molecular formula is C22H27NO2. The second kappa shape index (κ2) is 7.83. The first-order valence-corrected chi connectivity index (χ1v) is 9.01. The van der Waals surface area contributed by atoms with Gasteiger partial charge in [-0.15, -0.1) is 0 Å². The van der Waals surface area contributed by atoms with Crippen LogP contribution in [-0.2, 0) is 22.6 Å². The van der Waals surface area contributed by atoms with Gasteiger partial charge in [0.2, 0.25) is 0 Å². The molecule has 3 nitrogen and oxygen atoms in total. The van der Waals surface area contributed by atoms with E-state index < -0.39 is 0 Å². The summed E-state index contributed by atoms with van der Waals surface area (Å²) in [5.74, 6) is -0.0747. The molecule has 132 valence electrons. The zero-order valence-corrected chi connectivity index (χ0v) is 15.2. The Balaban J connectivity index is 1.78. The van der Waals surface area contributed by atoms with E-state index in [0.29, 0.717) is 6.04 Å². The van der Waals surface area contributed by atoms with Crippen molar-refractivity contribution in [2.24, 2.45) is 5.41 Å². The molecule has 1 unspecified atom stereocenters. The number of benzene rings is 2. The topological polar surface area (TPSA) is 29.5 Å². The molecule has 3 heteroatoms. The maximum absolute atomic E-state index is 12.2. The summed E-state index contributed by atoms with van der Waals surface area (Å²) < 4.78 is 5.04. The maximum atomic E-state index is 12.2. The van der Waals surface area contributed by atoms with Gasteiger partial charge >= 0.3 is 5.97 Å². The summed E-state index contributed by atoms with van der Waals surface area (Å²) in [5.41, 5.74) is 2.26. The summed E-state index contributed by atoms with van der Waals surface area (Å²) >= 11 is 0. The van der Waals surface area contributed by atoms with Gasteiger partial charge in [0.1, 0.15) is 0 Å². The quantitative estimate of drug-likeness (QED) is 0.731. The van der Waals surface area contributed by atoms with Crippen LogP contribution in [0.4, 0.5) is 0 Å². The van der Waals surface area contributed by atoms with E-state index in [4.69, 9.17) is 4.74 Å². The van der Waals surface area contributed by atoms with Crippen LogP contribution in [0.3, 0.4) is 0 Å². The van der Waals surface area contributed by atoms with Gasteiger partial charge in [-0.1, -0.05) is 60.7 Å². The number of esters is 1. The first kappa shape index (κ1) is 17.7. The Bertz CT molecular complexity index is 644. The number of hydrogen-bond acceptors (Lipinski definition) is 3. The van der Waals surface area contributed by atoms with E-state index in [-0.39, 0.29) is 11.4 Å². The third-order valence-electron chi connectivity index (χ3n) is 5.37. The minimum Gasteiger partial charge on any atom is -0.469 e. The van der Waals surface area contributed by atoms with Gasteiger partial charge in [-0.3, -0.25) is 9.69 Å². The average Bonchev–Trinajstić information content (AvgIpc) is 3.06. The van der Waals surface area contributed by atoms with Gasteiger partial charge in [0, 0.05) is 19.1 Å². The van der Waals surface area contributed by atoms with Crippen LogP contribution in [-0.4, -0.2) is 24.0 Å². The second-order valence-electron chi connectivity index (χ2n) is 7.33. The molecule has 0 N–H and O–H groups in total. The van der Waals surface area contributed by atoms with Crippen molar-refractivity contribution in [3.05, 3.63) is 71.8 Å². The molecule has 1 aliphatic carbocycles. The van der Waals surface area contributed by atoms with E-state index in [9.17, 15) is 4.79 Å². The van der Waals surface area contributed by atoms with Gasteiger partial charge in [0.15, 0.2) is 0 Å². The van der Waals surface area contributed by atoms with Crippen LogP contribution in [0.15, 0.2) is 60.7 Å². The van der Waals surface area contributed by atoms with Crippen LogP contribution < -0.4 is 0 Å². The van der Waals surface area contributed by atoms with Crippen LogP contribution in [0.25, 0.3) is 0 Å². The largest absolute Gasteiger partial charge is 0.469 e. The first-order valence-electron chi connectivity index (χ1n) is 9.01. The van der Waals surface area contributed by atoms with E-state index in [1.165, 1.54) is 18.2 Å². The first-order chi connectivity index (χ1) is 12.1. The normalized spacial score (nSPS) is 22.9. The second-order valence-corrected chi connectivity index (χ2v) is 7.33. The van der Waals surface area contributed by atoms with Crippen molar-refractivity contribution in [2.75, 3.05) is 7.11 Å². The highest BCUT2D eigenvalue weighted by atomic mass is 16.5. The molecule has 25 heavy (non-hydrogen) atoms. The van der Waals surface area contributed by atoms with Gasteiger partial charge in [0.25, 0.3) is 0 Å². The highest BCUT2D eigenvalue weighted by Gasteiger charge is 2.43. The highest BCUT2D eigenvalue weighted by Crippen LogP contribution is 2.41. The Morgan fingerprint density at radius 1 is 1.04 bits per heavy atom. The van der Waals surface area contributed by atoms with Crippen molar-refractivity contribution >= 4 is 5.97 Å². The van der Waals surface area contributed by atoms with Crippen molar-refractivity contribution in [1.29, 1.82) is 0 Å². The number of nitrogens with zero attached hydrogens (tertiary/aromatic N) is 1. The van der Waals surface area contributed by atoms with E-state index in [1.807, 2.05) is 6.92 Å². The lowest BCUT2D eigenvalue weighted by atomic mass is 9.88. The lowest BCUT2D eigenvalue weighted by molar-refractivity contribution is -0.151. The number of carbonyl (C=O) groups excluding carboxylic acids is 1. The Morgan fingerprint density at radius 3 is 2.04 bits per heavy atom. The summed E-state index contributed by atoms with van der Waals surface area (Å²) in [5, 5.41) is 0. The third kappa shape index (κ3) is 4.29. The zero-order chi connectivity index (χ0) is 17.7. The molecule has 1 aliphatic rings. The fraction of sp³-hybridized carbons (Fsp3) is 0.409. The van der Waals surface area contributed by atoms with Crippen molar-refractivity contribution in [3.8, 4) is 0 Å². The summed E-state index contributed by atoms with van der Waals surface area (Å²) in [6.07, 6.45) is 2.79. The Hall–Kier alpha value is -2.13. The molecule has 3 rings (SSSR count). The molecule has 0 amide bonds. The van der Waals surface area contributed by atoms with Crippen LogP contribution in [0.5, 0.6) is 0 Å². The molecule has 0 radical (unpaired) electrons. The van der Waals surface area contributed by atoms with Crippen LogP contribution in [0.1, 0.15) is 37.3 Å². The van der Waals surface area contributed by atoms with Crippen molar-refractivity contribution in [1.82, 2.24) is 4.90 Å². The van der Waals surface area contributed by atoms with Crippen LogP contribution >= 0.6 is 0 Å². The lowest BCUT2D eigenvalue weighted by Crippen LogP contribution is -2.35. The summed E-state index contributed by atoms with van der Waals surface area (Å²) in [6.45, 7) is 3.84. The summed E-state index contributed by atoms with van der Waals surface area (Å²) in [7, 11) is 1.49. The maximum Gasteiger partial charge on any atom is 0.311 e. The Kier molecular flexibility index (Phi) is 5.54. The van der Waals surface area contributed by atoms with Crippen LogP contribution in [0, 0.1) is 5.41 Å². The van der Waals surface area contributed by atoms with E-state index in [0.717, 1.165) is 32.4 Å². The van der Waals surface area contributed by atoms with Gasteiger partial charge in [0.05, 0.1) is 12.5 Å². The summed E-state index contributed by atoms with van der Waals surface area (Å²) in [4.78, 5) is 14.7. The van der Waals surface area contributed by atoms with Crippen molar-refractivity contribution in [3.63, 3.8) is 0 Å². The number of ether oxygens (including phenoxy) is 1. The number of carbonyl (C=O) groups is 1. The molecule has 2 atom stereocenters. The predicted octanol–water partition coefficient (Wildman–Crippen LogP) is 4.42. The van der Waals surface area contributed by atoms with Crippen molar-refractivity contribution < 1.29 is 9.53 Å². The van der Waals surface area contributed by atoms with E-state index in [1.54, 1.807) is 0 Å². The molecule has 0 bridgehead atoms. The molecule has 2 aromatic rings. The Labute approximate surface area is 150 Å².